The van der Waals surface area contributed by atoms with E-state index in [4.69, 9.17) is 9.47 Å². The van der Waals surface area contributed by atoms with Crippen LogP contribution in [-0.2, 0) is 12.8 Å². The quantitative estimate of drug-likeness (QED) is 0.250. The molecular formula is C19H27IN4O2S. The maximum Gasteiger partial charge on any atom is 0.231 e. The van der Waals surface area contributed by atoms with Gasteiger partial charge >= 0.3 is 0 Å². The van der Waals surface area contributed by atoms with Gasteiger partial charge in [-0.1, -0.05) is 6.07 Å². The summed E-state index contributed by atoms with van der Waals surface area (Å²) in [5.41, 5.74) is 2.34. The largest absolute Gasteiger partial charge is 0.454 e. The first kappa shape index (κ1) is 21.7. The fourth-order valence-corrected chi connectivity index (χ4v) is 3.59. The van der Waals surface area contributed by atoms with Gasteiger partial charge in [0.1, 0.15) is 0 Å². The third-order valence-electron chi connectivity index (χ3n) is 4.14. The van der Waals surface area contributed by atoms with Crippen LogP contribution < -0.4 is 20.1 Å². The number of guanidine groups is 1. The molecule has 3 rings (SSSR count). The standard InChI is InChI=1S/C19H26N4O2S.HI/c1-14-12-26-18(23-14)5-3-4-9-21-19(20-2)22-10-8-15-6-7-16-17(11-15)25-13-24-16;/h6-7,11-12H,3-5,8-10,13H2,1-2H3,(H2,20,21,22);1H. The number of fused-ring (bicyclic) bond motifs is 1. The van der Waals surface area contributed by atoms with Crippen molar-refractivity contribution < 1.29 is 9.47 Å². The van der Waals surface area contributed by atoms with Crippen molar-refractivity contribution in [2.75, 3.05) is 26.9 Å². The fourth-order valence-electron chi connectivity index (χ4n) is 2.77. The molecular weight excluding hydrogens is 475 g/mol. The second-order valence-corrected chi connectivity index (χ2v) is 7.15. The zero-order valence-electron chi connectivity index (χ0n) is 15.8. The number of halogens is 1. The van der Waals surface area contributed by atoms with Gasteiger partial charge in [0, 0.05) is 31.2 Å². The van der Waals surface area contributed by atoms with Gasteiger partial charge in [0.05, 0.1) is 5.01 Å². The molecule has 0 bridgehead atoms. The summed E-state index contributed by atoms with van der Waals surface area (Å²) in [5.74, 6) is 2.50. The average molecular weight is 502 g/mol. The Hall–Kier alpha value is -1.55. The molecule has 1 aliphatic heterocycles. The highest BCUT2D eigenvalue weighted by Gasteiger charge is 2.12. The van der Waals surface area contributed by atoms with E-state index in [1.807, 2.05) is 19.1 Å². The predicted molar refractivity (Wildman–Crippen MR) is 121 cm³/mol. The van der Waals surface area contributed by atoms with Crippen molar-refractivity contribution in [3.05, 3.63) is 39.8 Å². The topological polar surface area (TPSA) is 67.8 Å². The summed E-state index contributed by atoms with van der Waals surface area (Å²) < 4.78 is 10.8. The van der Waals surface area contributed by atoms with Crippen LogP contribution in [-0.4, -0.2) is 37.9 Å². The summed E-state index contributed by atoms with van der Waals surface area (Å²) in [6.07, 6.45) is 4.19. The number of aliphatic imine (C=N–C) groups is 1. The van der Waals surface area contributed by atoms with Crippen molar-refractivity contribution in [1.82, 2.24) is 15.6 Å². The normalized spacial score (nSPS) is 12.6. The van der Waals surface area contributed by atoms with E-state index in [0.717, 1.165) is 61.9 Å². The van der Waals surface area contributed by atoms with E-state index in [-0.39, 0.29) is 24.0 Å². The van der Waals surface area contributed by atoms with Gasteiger partial charge in [-0.05, 0) is 50.3 Å². The number of thiazole rings is 1. The molecule has 2 N–H and O–H groups in total. The third kappa shape index (κ3) is 6.84. The molecule has 0 saturated heterocycles. The van der Waals surface area contributed by atoms with Crippen LogP contribution in [0.4, 0.5) is 0 Å². The minimum Gasteiger partial charge on any atom is -0.454 e. The smallest absolute Gasteiger partial charge is 0.231 e. The summed E-state index contributed by atoms with van der Waals surface area (Å²) in [7, 11) is 1.80. The number of rotatable bonds is 8. The van der Waals surface area contributed by atoms with Gasteiger partial charge in [-0.2, -0.15) is 0 Å². The minimum absolute atomic E-state index is 0. The number of hydrogen-bond donors (Lipinski definition) is 2. The van der Waals surface area contributed by atoms with Gasteiger partial charge in [0.2, 0.25) is 6.79 Å². The Labute approximate surface area is 181 Å². The number of aromatic nitrogens is 1. The highest BCUT2D eigenvalue weighted by molar-refractivity contribution is 14.0. The molecule has 0 unspecified atom stereocenters. The highest BCUT2D eigenvalue weighted by Crippen LogP contribution is 2.32. The van der Waals surface area contributed by atoms with Crippen molar-refractivity contribution >= 4 is 41.3 Å². The molecule has 0 spiro atoms. The average Bonchev–Trinajstić information content (AvgIpc) is 3.28. The molecule has 148 valence electrons. The van der Waals surface area contributed by atoms with E-state index in [9.17, 15) is 0 Å². The number of ether oxygens (including phenoxy) is 2. The number of nitrogens with one attached hydrogen (secondary N) is 2. The number of unbranched alkanes of at least 4 members (excludes halogenated alkanes) is 1. The predicted octanol–water partition coefficient (Wildman–Crippen LogP) is 3.53. The number of aryl methyl sites for hydroxylation is 2. The lowest BCUT2D eigenvalue weighted by atomic mass is 10.1. The van der Waals surface area contributed by atoms with Crippen LogP contribution in [0.3, 0.4) is 0 Å². The number of nitrogens with zero attached hydrogens (tertiary/aromatic N) is 2. The maximum absolute atomic E-state index is 5.41. The molecule has 27 heavy (non-hydrogen) atoms. The summed E-state index contributed by atoms with van der Waals surface area (Å²) in [6.45, 7) is 4.09. The summed E-state index contributed by atoms with van der Waals surface area (Å²) >= 11 is 1.75. The van der Waals surface area contributed by atoms with E-state index < -0.39 is 0 Å². The molecule has 0 saturated carbocycles. The fraction of sp³-hybridized carbons (Fsp3) is 0.474. The lowest BCUT2D eigenvalue weighted by molar-refractivity contribution is 0.174. The zero-order valence-corrected chi connectivity index (χ0v) is 18.9. The van der Waals surface area contributed by atoms with Gasteiger partial charge < -0.3 is 20.1 Å². The Morgan fingerprint density at radius 2 is 1.96 bits per heavy atom. The number of benzene rings is 1. The molecule has 1 aliphatic rings. The van der Waals surface area contributed by atoms with Gasteiger partial charge in [0.25, 0.3) is 0 Å². The van der Waals surface area contributed by atoms with Gasteiger partial charge in [-0.15, -0.1) is 35.3 Å². The second kappa shape index (κ2) is 11.3. The highest BCUT2D eigenvalue weighted by atomic mass is 127. The van der Waals surface area contributed by atoms with Crippen LogP contribution in [0.2, 0.25) is 0 Å². The number of hydrogen-bond acceptors (Lipinski definition) is 5. The molecule has 0 aliphatic carbocycles. The molecule has 6 nitrogen and oxygen atoms in total. The van der Waals surface area contributed by atoms with Crippen LogP contribution >= 0.6 is 35.3 Å². The van der Waals surface area contributed by atoms with Crippen LogP contribution in [0.15, 0.2) is 28.6 Å². The molecule has 0 amide bonds. The van der Waals surface area contributed by atoms with Crippen molar-refractivity contribution in [3.63, 3.8) is 0 Å². The van der Waals surface area contributed by atoms with Crippen LogP contribution in [0.25, 0.3) is 0 Å². The molecule has 1 aromatic carbocycles. The summed E-state index contributed by atoms with van der Waals surface area (Å²) in [5, 5.41) is 10.1. The van der Waals surface area contributed by atoms with E-state index in [2.05, 4.69) is 32.1 Å². The lowest BCUT2D eigenvalue weighted by Crippen LogP contribution is -2.38. The van der Waals surface area contributed by atoms with E-state index >= 15 is 0 Å². The second-order valence-electron chi connectivity index (χ2n) is 6.20. The molecule has 1 aromatic heterocycles. The van der Waals surface area contributed by atoms with Crippen molar-refractivity contribution in [3.8, 4) is 11.5 Å². The first-order valence-corrected chi connectivity index (χ1v) is 9.86. The molecule has 0 fully saturated rings. The van der Waals surface area contributed by atoms with Gasteiger partial charge in [0.15, 0.2) is 17.5 Å². The van der Waals surface area contributed by atoms with Crippen molar-refractivity contribution in [2.24, 2.45) is 4.99 Å². The van der Waals surface area contributed by atoms with Crippen LogP contribution in [0.5, 0.6) is 11.5 Å². The van der Waals surface area contributed by atoms with Gasteiger partial charge in [-0.25, -0.2) is 4.98 Å². The monoisotopic (exact) mass is 502 g/mol. The van der Waals surface area contributed by atoms with E-state index in [0.29, 0.717) is 6.79 Å². The Balaban J connectivity index is 0.00000261. The van der Waals surface area contributed by atoms with Crippen LogP contribution in [0, 0.1) is 6.92 Å². The molecule has 0 atom stereocenters. The SMILES string of the molecule is CN=C(NCCCCc1nc(C)cs1)NCCc1ccc2c(c1)OCO2.I. The Kier molecular flexibility index (Phi) is 9.12. The Morgan fingerprint density at radius 1 is 1.15 bits per heavy atom. The molecule has 2 aromatic rings. The maximum atomic E-state index is 5.41. The Morgan fingerprint density at radius 3 is 2.74 bits per heavy atom. The molecule has 2 heterocycles. The molecule has 0 radical (unpaired) electrons. The lowest BCUT2D eigenvalue weighted by Gasteiger charge is -2.12. The zero-order chi connectivity index (χ0) is 18.2. The third-order valence-corrected chi connectivity index (χ3v) is 5.17. The van der Waals surface area contributed by atoms with Crippen molar-refractivity contribution in [1.29, 1.82) is 0 Å². The van der Waals surface area contributed by atoms with E-state index in [1.54, 1.807) is 18.4 Å². The van der Waals surface area contributed by atoms with Gasteiger partial charge in [-0.3, -0.25) is 4.99 Å². The summed E-state index contributed by atoms with van der Waals surface area (Å²) in [4.78, 5) is 8.77. The minimum atomic E-state index is 0. The first-order valence-electron chi connectivity index (χ1n) is 8.98. The van der Waals surface area contributed by atoms with E-state index in [1.165, 1.54) is 10.6 Å². The van der Waals surface area contributed by atoms with Crippen molar-refractivity contribution in [2.45, 2.75) is 32.6 Å². The first-order chi connectivity index (χ1) is 12.7. The van der Waals surface area contributed by atoms with Crippen LogP contribution in [0.1, 0.15) is 29.1 Å². The summed E-state index contributed by atoms with van der Waals surface area (Å²) in [6, 6.07) is 6.08. The molecule has 8 heteroatoms. The Bertz CT molecular complexity index is 751.